The lowest BCUT2D eigenvalue weighted by atomic mass is 10.2. The Labute approximate surface area is 100.0 Å². The fourth-order valence-corrected chi connectivity index (χ4v) is 2.65. The lowest BCUT2D eigenvalue weighted by Gasteiger charge is -2.14. The topological polar surface area (TPSA) is 20.3 Å². The van der Waals surface area contributed by atoms with E-state index in [4.69, 9.17) is 0 Å². The SMILES string of the molecule is C[S+](C)c1ccc(C(=O)N2CCCC2)cc1. The van der Waals surface area contributed by atoms with E-state index in [1.165, 1.54) is 4.90 Å². The van der Waals surface area contributed by atoms with E-state index in [0.29, 0.717) is 0 Å². The summed E-state index contributed by atoms with van der Waals surface area (Å²) in [4.78, 5) is 15.3. The summed E-state index contributed by atoms with van der Waals surface area (Å²) in [6.07, 6.45) is 6.68. The molecule has 1 saturated heterocycles. The van der Waals surface area contributed by atoms with Crippen LogP contribution in [0.1, 0.15) is 23.2 Å². The van der Waals surface area contributed by atoms with Crippen molar-refractivity contribution in [2.75, 3.05) is 25.6 Å². The van der Waals surface area contributed by atoms with Gasteiger partial charge in [0.1, 0.15) is 12.5 Å². The summed E-state index contributed by atoms with van der Waals surface area (Å²) >= 11 is 0. The van der Waals surface area contributed by atoms with Crippen molar-refractivity contribution < 1.29 is 4.79 Å². The highest BCUT2D eigenvalue weighted by Crippen LogP contribution is 2.15. The van der Waals surface area contributed by atoms with Crippen LogP contribution in [0.2, 0.25) is 0 Å². The molecule has 0 radical (unpaired) electrons. The molecular weight excluding hydrogens is 218 g/mol. The monoisotopic (exact) mass is 236 g/mol. The molecule has 0 unspecified atom stereocenters. The minimum absolute atomic E-state index is 0.191. The van der Waals surface area contributed by atoms with Crippen molar-refractivity contribution in [1.29, 1.82) is 0 Å². The van der Waals surface area contributed by atoms with Gasteiger partial charge in [0, 0.05) is 29.5 Å². The summed E-state index contributed by atoms with van der Waals surface area (Å²) in [7, 11) is 0.273. The van der Waals surface area contributed by atoms with Gasteiger partial charge >= 0.3 is 0 Å². The molecule has 0 spiro atoms. The highest BCUT2D eigenvalue weighted by atomic mass is 32.2. The smallest absolute Gasteiger partial charge is 0.253 e. The number of hydrogen-bond acceptors (Lipinski definition) is 1. The number of likely N-dealkylation sites (tertiary alicyclic amines) is 1. The quantitative estimate of drug-likeness (QED) is 0.721. The fourth-order valence-electron chi connectivity index (χ4n) is 1.97. The van der Waals surface area contributed by atoms with Gasteiger partial charge in [-0.25, -0.2) is 0 Å². The maximum atomic E-state index is 12.1. The van der Waals surface area contributed by atoms with Gasteiger partial charge < -0.3 is 4.90 Å². The van der Waals surface area contributed by atoms with Gasteiger partial charge in [-0.15, -0.1) is 0 Å². The van der Waals surface area contributed by atoms with Crippen LogP contribution >= 0.6 is 0 Å². The van der Waals surface area contributed by atoms with E-state index in [2.05, 4.69) is 24.6 Å². The Morgan fingerprint density at radius 3 is 2.19 bits per heavy atom. The molecule has 1 aliphatic rings. The first kappa shape index (κ1) is 11.5. The maximum Gasteiger partial charge on any atom is 0.253 e. The van der Waals surface area contributed by atoms with Gasteiger partial charge in [0.15, 0.2) is 4.90 Å². The number of benzene rings is 1. The molecule has 86 valence electrons. The van der Waals surface area contributed by atoms with Gasteiger partial charge in [0.25, 0.3) is 5.91 Å². The molecule has 0 atom stereocenters. The Hall–Kier alpha value is -0.960. The van der Waals surface area contributed by atoms with E-state index in [0.717, 1.165) is 31.5 Å². The Morgan fingerprint density at radius 1 is 1.12 bits per heavy atom. The normalized spacial score (nSPS) is 15.8. The largest absolute Gasteiger partial charge is 0.339 e. The third kappa shape index (κ3) is 2.40. The van der Waals surface area contributed by atoms with Crippen molar-refractivity contribution in [3.63, 3.8) is 0 Å². The number of hydrogen-bond donors (Lipinski definition) is 0. The summed E-state index contributed by atoms with van der Waals surface area (Å²) in [5.41, 5.74) is 0.830. The van der Waals surface area contributed by atoms with Gasteiger partial charge in [-0.3, -0.25) is 4.79 Å². The molecule has 1 heterocycles. The van der Waals surface area contributed by atoms with Gasteiger partial charge in [-0.1, -0.05) is 0 Å². The van der Waals surface area contributed by atoms with Crippen LogP contribution in [-0.2, 0) is 10.9 Å². The molecule has 0 N–H and O–H groups in total. The first-order valence-electron chi connectivity index (χ1n) is 5.65. The minimum atomic E-state index is 0.191. The van der Waals surface area contributed by atoms with Crippen LogP contribution in [0.25, 0.3) is 0 Å². The molecule has 0 bridgehead atoms. The molecule has 2 nitrogen and oxygen atoms in total. The lowest BCUT2D eigenvalue weighted by Crippen LogP contribution is -2.27. The van der Waals surface area contributed by atoms with Gasteiger partial charge in [0.2, 0.25) is 0 Å². The summed E-state index contributed by atoms with van der Waals surface area (Å²) in [5.74, 6) is 0.191. The van der Waals surface area contributed by atoms with Crippen molar-refractivity contribution in [2.45, 2.75) is 17.7 Å². The number of nitrogens with zero attached hydrogens (tertiary/aromatic N) is 1. The zero-order valence-corrected chi connectivity index (χ0v) is 10.7. The van der Waals surface area contributed by atoms with Gasteiger partial charge in [-0.2, -0.15) is 0 Å². The predicted molar refractivity (Wildman–Crippen MR) is 69.1 cm³/mol. The second-order valence-electron chi connectivity index (χ2n) is 4.34. The van der Waals surface area contributed by atoms with E-state index in [-0.39, 0.29) is 16.8 Å². The van der Waals surface area contributed by atoms with E-state index in [9.17, 15) is 4.79 Å². The maximum absolute atomic E-state index is 12.1. The Bertz CT molecular complexity index is 366. The van der Waals surface area contributed by atoms with Crippen molar-refractivity contribution in [3.8, 4) is 0 Å². The lowest BCUT2D eigenvalue weighted by molar-refractivity contribution is 0.0793. The summed E-state index contributed by atoms with van der Waals surface area (Å²) in [6.45, 7) is 1.85. The molecule has 0 aliphatic carbocycles. The van der Waals surface area contributed by atoms with Gasteiger partial charge in [-0.05, 0) is 37.1 Å². The van der Waals surface area contributed by atoms with Crippen LogP contribution in [-0.4, -0.2) is 36.4 Å². The first-order valence-corrected chi connectivity index (χ1v) is 7.69. The summed E-state index contributed by atoms with van der Waals surface area (Å²) in [5, 5.41) is 0. The van der Waals surface area contributed by atoms with Crippen molar-refractivity contribution in [3.05, 3.63) is 29.8 Å². The first-order chi connectivity index (χ1) is 7.68. The highest BCUT2D eigenvalue weighted by Gasteiger charge is 2.19. The average Bonchev–Trinajstić information content (AvgIpc) is 2.81. The average molecular weight is 236 g/mol. The zero-order valence-electron chi connectivity index (χ0n) is 9.90. The number of carbonyl (C=O) groups excluding carboxylic acids is 1. The summed E-state index contributed by atoms with van der Waals surface area (Å²) in [6, 6.07) is 8.07. The predicted octanol–water partition coefficient (Wildman–Crippen LogP) is 2.16. The zero-order chi connectivity index (χ0) is 11.5. The molecule has 1 fully saturated rings. The molecule has 16 heavy (non-hydrogen) atoms. The van der Waals surface area contributed by atoms with Crippen molar-refractivity contribution in [2.24, 2.45) is 0 Å². The van der Waals surface area contributed by atoms with E-state index < -0.39 is 0 Å². The minimum Gasteiger partial charge on any atom is -0.339 e. The van der Waals surface area contributed by atoms with Crippen LogP contribution < -0.4 is 0 Å². The molecule has 0 saturated carbocycles. The van der Waals surface area contributed by atoms with Crippen LogP contribution in [0.4, 0.5) is 0 Å². The Balaban J connectivity index is 2.11. The van der Waals surface area contributed by atoms with E-state index >= 15 is 0 Å². The third-order valence-electron chi connectivity index (χ3n) is 2.97. The molecule has 1 aliphatic heterocycles. The Kier molecular flexibility index (Phi) is 3.54. The van der Waals surface area contributed by atoms with Crippen molar-refractivity contribution >= 4 is 16.8 Å². The Morgan fingerprint density at radius 2 is 1.69 bits per heavy atom. The van der Waals surface area contributed by atoms with E-state index in [1.807, 2.05) is 17.0 Å². The van der Waals surface area contributed by atoms with Crippen LogP contribution in [0.3, 0.4) is 0 Å². The van der Waals surface area contributed by atoms with Crippen molar-refractivity contribution in [1.82, 2.24) is 4.90 Å². The molecule has 3 heteroatoms. The highest BCUT2D eigenvalue weighted by molar-refractivity contribution is 7.95. The molecule has 2 rings (SSSR count). The van der Waals surface area contributed by atoms with Crippen LogP contribution in [0.5, 0.6) is 0 Å². The molecular formula is C13H18NOS+. The molecule has 1 aromatic carbocycles. The second kappa shape index (κ2) is 4.91. The van der Waals surface area contributed by atoms with Crippen LogP contribution in [0, 0.1) is 0 Å². The number of rotatable bonds is 2. The molecule has 0 aromatic heterocycles. The number of amides is 1. The number of carbonyl (C=O) groups is 1. The molecule has 1 amide bonds. The third-order valence-corrected chi connectivity index (χ3v) is 4.18. The molecule has 1 aromatic rings. The van der Waals surface area contributed by atoms with E-state index in [1.54, 1.807) is 0 Å². The standard InChI is InChI=1S/C13H18NOS/c1-16(2)12-7-5-11(6-8-12)13(15)14-9-3-4-10-14/h5-8H,3-4,9-10H2,1-2H3/q+1. The fraction of sp³-hybridized carbons (Fsp3) is 0.462. The van der Waals surface area contributed by atoms with Gasteiger partial charge in [0.05, 0.1) is 0 Å². The summed E-state index contributed by atoms with van der Waals surface area (Å²) < 4.78 is 0. The van der Waals surface area contributed by atoms with Crippen LogP contribution in [0.15, 0.2) is 29.2 Å². The second-order valence-corrected chi connectivity index (χ2v) is 6.44.